The zero-order valence-corrected chi connectivity index (χ0v) is 17.1. The van der Waals surface area contributed by atoms with Crippen molar-refractivity contribution in [1.82, 2.24) is 15.1 Å². The molecule has 0 radical (unpaired) electrons. The molecular formula is C22H29N3O4. The molecule has 1 aliphatic rings. The van der Waals surface area contributed by atoms with Crippen molar-refractivity contribution in [2.24, 2.45) is 11.8 Å². The van der Waals surface area contributed by atoms with Gasteiger partial charge in [-0.1, -0.05) is 63.4 Å². The number of ketones is 1. The summed E-state index contributed by atoms with van der Waals surface area (Å²) >= 11 is 0. The normalized spacial score (nSPS) is 16.0. The number of hydrogen-bond donors (Lipinski definition) is 1. The number of Topliss-reactive ketones (excluding diaryl/α,β-unsaturated/α-hetero) is 1. The number of nitrogens with one attached hydrogen (secondary N) is 1. The van der Waals surface area contributed by atoms with Crippen molar-refractivity contribution in [1.29, 1.82) is 0 Å². The van der Waals surface area contributed by atoms with Crippen LogP contribution >= 0.6 is 0 Å². The van der Waals surface area contributed by atoms with E-state index < -0.39 is 17.6 Å². The van der Waals surface area contributed by atoms with Crippen molar-refractivity contribution in [2.45, 2.75) is 65.0 Å². The van der Waals surface area contributed by atoms with Gasteiger partial charge >= 0.3 is 5.76 Å². The number of aromatic nitrogens is 2. The van der Waals surface area contributed by atoms with Crippen molar-refractivity contribution < 1.29 is 14.0 Å². The molecule has 1 amide bonds. The van der Waals surface area contributed by atoms with Gasteiger partial charge in [-0.2, -0.15) is 4.68 Å². The summed E-state index contributed by atoms with van der Waals surface area (Å²) in [4.78, 5) is 37.6. The third-order valence-corrected chi connectivity index (χ3v) is 5.50. The molecule has 1 saturated carbocycles. The van der Waals surface area contributed by atoms with E-state index in [9.17, 15) is 14.4 Å². The molecule has 0 aliphatic heterocycles. The topological polar surface area (TPSA) is 94.2 Å². The van der Waals surface area contributed by atoms with Crippen LogP contribution in [0.4, 0.5) is 0 Å². The third-order valence-electron chi connectivity index (χ3n) is 5.50. The summed E-state index contributed by atoms with van der Waals surface area (Å²) < 4.78 is 6.29. The highest BCUT2D eigenvalue weighted by molar-refractivity contribution is 5.98. The van der Waals surface area contributed by atoms with Crippen LogP contribution < -0.4 is 11.1 Å². The average Bonchev–Trinajstić information content (AvgIpc) is 3.11. The SMILES string of the molecule is CC(C)[C@H](NC(=O)C1CCCCC1)C(=O)c1nn(CCc2ccccc2)c(=O)o1. The Morgan fingerprint density at radius 3 is 2.52 bits per heavy atom. The van der Waals surface area contributed by atoms with Crippen LogP contribution in [0, 0.1) is 11.8 Å². The lowest BCUT2D eigenvalue weighted by Gasteiger charge is -2.25. The van der Waals surface area contributed by atoms with Gasteiger partial charge in [-0.25, -0.2) is 4.79 Å². The van der Waals surface area contributed by atoms with Crippen LogP contribution in [0.5, 0.6) is 0 Å². The van der Waals surface area contributed by atoms with E-state index >= 15 is 0 Å². The Balaban J connectivity index is 1.68. The minimum absolute atomic E-state index is 0.0479. The number of nitrogens with zero attached hydrogens (tertiary/aromatic N) is 2. The first-order chi connectivity index (χ1) is 14.0. The second kappa shape index (κ2) is 9.67. The van der Waals surface area contributed by atoms with Crippen LogP contribution in [0.25, 0.3) is 0 Å². The zero-order valence-electron chi connectivity index (χ0n) is 17.1. The molecule has 7 nitrogen and oxygen atoms in total. The predicted octanol–water partition coefficient (Wildman–Crippen LogP) is 2.98. The van der Waals surface area contributed by atoms with E-state index in [1.165, 1.54) is 4.68 Å². The Kier molecular flexibility index (Phi) is 7.01. The molecule has 1 aliphatic carbocycles. The van der Waals surface area contributed by atoms with Crippen molar-refractivity contribution in [2.75, 3.05) is 0 Å². The fourth-order valence-corrected chi connectivity index (χ4v) is 3.73. The van der Waals surface area contributed by atoms with Gasteiger partial charge in [0.1, 0.15) is 0 Å². The largest absolute Gasteiger partial charge is 0.437 e. The average molecular weight is 399 g/mol. The van der Waals surface area contributed by atoms with Crippen LogP contribution in [0.1, 0.15) is 62.2 Å². The zero-order chi connectivity index (χ0) is 20.8. The molecule has 0 spiro atoms. The number of carbonyl (C=O) groups excluding carboxylic acids is 2. The van der Waals surface area contributed by atoms with Crippen molar-refractivity contribution in [3.05, 3.63) is 52.3 Å². The fourth-order valence-electron chi connectivity index (χ4n) is 3.73. The number of rotatable bonds is 8. The van der Waals surface area contributed by atoms with Gasteiger partial charge in [-0.15, -0.1) is 5.10 Å². The van der Waals surface area contributed by atoms with E-state index in [1.807, 2.05) is 44.2 Å². The highest BCUT2D eigenvalue weighted by atomic mass is 16.4. The highest BCUT2D eigenvalue weighted by Crippen LogP contribution is 2.24. The van der Waals surface area contributed by atoms with Gasteiger partial charge in [0.15, 0.2) is 0 Å². The van der Waals surface area contributed by atoms with Gasteiger partial charge in [-0.05, 0) is 30.7 Å². The highest BCUT2D eigenvalue weighted by Gasteiger charge is 2.32. The van der Waals surface area contributed by atoms with Crippen LogP contribution in [0.2, 0.25) is 0 Å². The van der Waals surface area contributed by atoms with Gasteiger partial charge in [0.2, 0.25) is 11.7 Å². The number of aryl methyl sites for hydroxylation is 2. The Labute approximate surface area is 170 Å². The molecule has 0 saturated heterocycles. The van der Waals surface area contributed by atoms with Crippen LogP contribution in [-0.2, 0) is 17.8 Å². The lowest BCUT2D eigenvalue weighted by atomic mass is 9.88. The molecule has 1 atom stereocenters. The third kappa shape index (κ3) is 5.43. The molecular weight excluding hydrogens is 370 g/mol. The summed E-state index contributed by atoms with van der Waals surface area (Å²) in [6, 6.07) is 8.96. The summed E-state index contributed by atoms with van der Waals surface area (Å²) in [5, 5.41) is 6.96. The van der Waals surface area contributed by atoms with E-state index in [4.69, 9.17) is 4.42 Å². The minimum Gasteiger partial charge on any atom is -0.384 e. The standard InChI is InChI=1S/C22H29N3O4/c1-15(2)18(23-20(27)17-11-7-4-8-12-17)19(26)21-24-25(22(28)29-21)14-13-16-9-5-3-6-10-16/h3,5-6,9-10,15,17-18H,4,7-8,11-14H2,1-2H3,(H,23,27)/t18-/m0/s1. The number of carbonyl (C=O) groups is 2. The Hall–Kier alpha value is -2.70. The fraction of sp³-hybridized carbons (Fsp3) is 0.545. The van der Waals surface area contributed by atoms with E-state index in [1.54, 1.807) is 0 Å². The molecule has 0 bridgehead atoms. The first-order valence-corrected chi connectivity index (χ1v) is 10.4. The monoisotopic (exact) mass is 399 g/mol. The smallest absolute Gasteiger partial charge is 0.384 e. The molecule has 1 N–H and O–H groups in total. The molecule has 1 aromatic heterocycles. The van der Waals surface area contributed by atoms with Gasteiger partial charge in [-0.3, -0.25) is 9.59 Å². The van der Waals surface area contributed by atoms with Gasteiger partial charge in [0.05, 0.1) is 12.6 Å². The van der Waals surface area contributed by atoms with E-state index in [2.05, 4.69) is 10.4 Å². The molecule has 29 heavy (non-hydrogen) atoms. The summed E-state index contributed by atoms with van der Waals surface area (Å²) in [6.45, 7) is 4.03. The molecule has 1 fully saturated rings. The Morgan fingerprint density at radius 2 is 1.86 bits per heavy atom. The summed E-state index contributed by atoms with van der Waals surface area (Å²) in [7, 11) is 0. The lowest BCUT2D eigenvalue weighted by molar-refractivity contribution is -0.126. The van der Waals surface area contributed by atoms with Gasteiger partial charge < -0.3 is 9.73 Å². The first kappa shape index (κ1) is 21.0. The van der Waals surface area contributed by atoms with E-state index in [-0.39, 0.29) is 23.6 Å². The van der Waals surface area contributed by atoms with Crippen molar-refractivity contribution in [3.8, 4) is 0 Å². The maximum atomic E-state index is 12.9. The summed E-state index contributed by atoms with van der Waals surface area (Å²) in [6.07, 6.45) is 5.55. The molecule has 7 heteroatoms. The summed E-state index contributed by atoms with van der Waals surface area (Å²) in [5.41, 5.74) is 1.06. The molecule has 1 heterocycles. The van der Waals surface area contributed by atoms with Crippen LogP contribution in [-0.4, -0.2) is 27.5 Å². The van der Waals surface area contributed by atoms with Crippen molar-refractivity contribution in [3.63, 3.8) is 0 Å². The maximum absolute atomic E-state index is 12.9. The van der Waals surface area contributed by atoms with Gasteiger partial charge in [0, 0.05) is 5.92 Å². The maximum Gasteiger partial charge on any atom is 0.437 e. The predicted molar refractivity (Wildman–Crippen MR) is 109 cm³/mol. The molecule has 1 aromatic carbocycles. The van der Waals surface area contributed by atoms with Gasteiger partial charge in [0.25, 0.3) is 5.89 Å². The minimum atomic E-state index is -0.759. The second-order valence-corrected chi connectivity index (χ2v) is 8.06. The Bertz CT molecular complexity index is 879. The number of amides is 1. The first-order valence-electron chi connectivity index (χ1n) is 10.4. The molecule has 0 unspecified atom stereocenters. The number of hydrogen-bond acceptors (Lipinski definition) is 5. The number of benzene rings is 1. The van der Waals surface area contributed by atoms with E-state index in [0.29, 0.717) is 13.0 Å². The van der Waals surface area contributed by atoms with Crippen LogP contribution in [0.3, 0.4) is 0 Å². The molecule has 156 valence electrons. The molecule has 2 aromatic rings. The molecule has 3 rings (SSSR count). The Morgan fingerprint density at radius 1 is 1.17 bits per heavy atom. The van der Waals surface area contributed by atoms with E-state index in [0.717, 1.165) is 37.7 Å². The quantitative estimate of drug-likeness (QED) is 0.689. The summed E-state index contributed by atoms with van der Waals surface area (Å²) in [5.74, 6) is -1.65. The second-order valence-electron chi connectivity index (χ2n) is 8.06. The van der Waals surface area contributed by atoms with Crippen molar-refractivity contribution >= 4 is 11.7 Å². The lowest BCUT2D eigenvalue weighted by Crippen LogP contribution is -2.47. The van der Waals surface area contributed by atoms with Crippen LogP contribution in [0.15, 0.2) is 39.5 Å².